The van der Waals surface area contributed by atoms with E-state index in [4.69, 9.17) is 5.73 Å². The number of carbonyl (C=O) groups is 1. The summed E-state index contributed by atoms with van der Waals surface area (Å²) >= 11 is 0. The number of hydrogen-bond acceptors (Lipinski definition) is 3. The second-order valence-electron chi connectivity index (χ2n) is 4.18. The second kappa shape index (κ2) is 4.49. The Morgan fingerprint density at radius 1 is 1.05 bits per heavy atom. The lowest BCUT2D eigenvalue weighted by atomic mass is 10.1. The Hall–Kier alpha value is -2.75. The van der Waals surface area contributed by atoms with Crippen molar-refractivity contribution >= 4 is 16.8 Å². The van der Waals surface area contributed by atoms with Gasteiger partial charge >= 0.3 is 0 Å². The van der Waals surface area contributed by atoms with Crippen molar-refractivity contribution < 1.29 is 4.79 Å². The standard InChI is InChI=1S/C15H11N3O/c16-15(19)12-5-3-7-17-14(12)11-8-10-4-1-2-6-13(10)18-9-11/h1-9H,(H2,16,19). The molecule has 0 spiro atoms. The molecule has 2 aromatic heterocycles. The van der Waals surface area contributed by atoms with Crippen molar-refractivity contribution in [3.63, 3.8) is 0 Å². The van der Waals surface area contributed by atoms with Gasteiger partial charge in [-0.2, -0.15) is 0 Å². The number of pyridine rings is 2. The fourth-order valence-electron chi connectivity index (χ4n) is 2.03. The third-order valence-corrected chi connectivity index (χ3v) is 2.94. The van der Waals surface area contributed by atoms with Gasteiger partial charge in [0, 0.05) is 23.3 Å². The zero-order valence-electron chi connectivity index (χ0n) is 10.1. The molecule has 4 nitrogen and oxygen atoms in total. The molecule has 2 N–H and O–H groups in total. The molecule has 1 aromatic carbocycles. The molecule has 0 aliphatic rings. The summed E-state index contributed by atoms with van der Waals surface area (Å²) in [6.07, 6.45) is 3.34. The molecule has 3 rings (SSSR count). The van der Waals surface area contributed by atoms with Crippen molar-refractivity contribution in [1.82, 2.24) is 9.97 Å². The number of carbonyl (C=O) groups excluding carboxylic acids is 1. The minimum Gasteiger partial charge on any atom is -0.366 e. The zero-order chi connectivity index (χ0) is 13.2. The van der Waals surface area contributed by atoms with E-state index in [0.29, 0.717) is 11.3 Å². The van der Waals surface area contributed by atoms with Gasteiger partial charge in [-0.25, -0.2) is 0 Å². The summed E-state index contributed by atoms with van der Waals surface area (Å²) in [6.45, 7) is 0. The van der Waals surface area contributed by atoms with Crippen LogP contribution < -0.4 is 5.73 Å². The molecule has 92 valence electrons. The smallest absolute Gasteiger partial charge is 0.250 e. The van der Waals surface area contributed by atoms with Crippen molar-refractivity contribution in [3.8, 4) is 11.3 Å². The largest absolute Gasteiger partial charge is 0.366 e. The SMILES string of the molecule is NC(=O)c1cccnc1-c1cnc2ccccc2c1. The van der Waals surface area contributed by atoms with Crippen LogP contribution in [0.2, 0.25) is 0 Å². The van der Waals surface area contributed by atoms with Crippen LogP contribution in [0, 0.1) is 0 Å². The summed E-state index contributed by atoms with van der Waals surface area (Å²) in [5, 5.41) is 1.00. The van der Waals surface area contributed by atoms with Gasteiger partial charge in [0.2, 0.25) is 0 Å². The number of primary amides is 1. The molecule has 0 aliphatic carbocycles. The monoisotopic (exact) mass is 249 g/mol. The minimum atomic E-state index is -0.490. The summed E-state index contributed by atoms with van der Waals surface area (Å²) in [7, 11) is 0. The maximum absolute atomic E-state index is 11.4. The lowest BCUT2D eigenvalue weighted by molar-refractivity contribution is 0.100. The van der Waals surface area contributed by atoms with Crippen LogP contribution in [0.25, 0.3) is 22.2 Å². The molecule has 3 aromatic rings. The summed E-state index contributed by atoms with van der Waals surface area (Å²) in [5.41, 5.74) is 8.02. The van der Waals surface area contributed by atoms with Gasteiger partial charge in [0.05, 0.1) is 16.8 Å². The molecule has 0 saturated carbocycles. The predicted octanol–water partition coefficient (Wildman–Crippen LogP) is 2.40. The highest BCUT2D eigenvalue weighted by molar-refractivity contribution is 5.99. The van der Waals surface area contributed by atoms with E-state index in [1.165, 1.54) is 0 Å². The third kappa shape index (κ3) is 2.04. The first-order chi connectivity index (χ1) is 9.25. The number of rotatable bonds is 2. The third-order valence-electron chi connectivity index (χ3n) is 2.94. The van der Waals surface area contributed by atoms with Gasteiger partial charge in [-0.1, -0.05) is 18.2 Å². The molecule has 19 heavy (non-hydrogen) atoms. The highest BCUT2D eigenvalue weighted by Crippen LogP contribution is 2.23. The Kier molecular flexibility index (Phi) is 2.68. The van der Waals surface area contributed by atoms with Gasteiger partial charge in [-0.3, -0.25) is 14.8 Å². The van der Waals surface area contributed by atoms with E-state index in [0.717, 1.165) is 16.5 Å². The summed E-state index contributed by atoms with van der Waals surface area (Å²) in [6, 6.07) is 13.1. The van der Waals surface area contributed by atoms with Crippen LogP contribution in [0.3, 0.4) is 0 Å². The molecule has 0 radical (unpaired) electrons. The quantitative estimate of drug-likeness (QED) is 0.758. The fourth-order valence-corrected chi connectivity index (χ4v) is 2.03. The number of nitrogens with zero attached hydrogens (tertiary/aromatic N) is 2. The highest BCUT2D eigenvalue weighted by atomic mass is 16.1. The van der Waals surface area contributed by atoms with Gasteiger partial charge in [0.1, 0.15) is 0 Å². The molecule has 1 amide bonds. The van der Waals surface area contributed by atoms with Crippen LogP contribution in [-0.4, -0.2) is 15.9 Å². The lowest BCUT2D eigenvalue weighted by Crippen LogP contribution is -2.13. The van der Waals surface area contributed by atoms with Gasteiger partial charge in [0.15, 0.2) is 0 Å². The Morgan fingerprint density at radius 2 is 1.89 bits per heavy atom. The van der Waals surface area contributed by atoms with Crippen LogP contribution in [-0.2, 0) is 0 Å². The van der Waals surface area contributed by atoms with Crippen molar-refractivity contribution in [1.29, 1.82) is 0 Å². The van der Waals surface area contributed by atoms with E-state index in [-0.39, 0.29) is 0 Å². The van der Waals surface area contributed by atoms with Gasteiger partial charge in [0.25, 0.3) is 5.91 Å². The number of para-hydroxylation sites is 1. The zero-order valence-corrected chi connectivity index (χ0v) is 10.1. The molecule has 2 heterocycles. The Morgan fingerprint density at radius 3 is 2.74 bits per heavy atom. The van der Waals surface area contributed by atoms with Gasteiger partial charge in [-0.05, 0) is 24.3 Å². The molecular weight excluding hydrogens is 238 g/mol. The molecule has 0 fully saturated rings. The first-order valence-corrected chi connectivity index (χ1v) is 5.86. The predicted molar refractivity (Wildman–Crippen MR) is 73.5 cm³/mol. The van der Waals surface area contributed by atoms with Crippen molar-refractivity contribution in [2.45, 2.75) is 0 Å². The maximum Gasteiger partial charge on any atom is 0.250 e. The summed E-state index contributed by atoms with van der Waals surface area (Å²) in [5.74, 6) is -0.490. The minimum absolute atomic E-state index is 0.402. The highest BCUT2D eigenvalue weighted by Gasteiger charge is 2.11. The van der Waals surface area contributed by atoms with E-state index < -0.39 is 5.91 Å². The lowest BCUT2D eigenvalue weighted by Gasteiger charge is -2.06. The van der Waals surface area contributed by atoms with Gasteiger partial charge in [-0.15, -0.1) is 0 Å². The average Bonchev–Trinajstić information content (AvgIpc) is 2.46. The Bertz CT molecular complexity index is 768. The maximum atomic E-state index is 11.4. The first kappa shape index (κ1) is 11.3. The van der Waals surface area contributed by atoms with Crippen molar-refractivity contribution in [3.05, 3.63) is 60.4 Å². The Balaban J connectivity index is 2.22. The number of benzene rings is 1. The molecule has 0 unspecified atom stereocenters. The number of hydrogen-bond donors (Lipinski definition) is 1. The normalized spacial score (nSPS) is 10.5. The number of nitrogens with two attached hydrogens (primary N) is 1. The van der Waals surface area contributed by atoms with E-state index in [1.807, 2.05) is 30.3 Å². The topological polar surface area (TPSA) is 68.9 Å². The molecule has 0 atom stereocenters. The molecule has 4 heteroatoms. The number of aromatic nitrogens is 2. The van der Waals surface area contributed by atoms with Crippen LogP contribution in [0.15, 0.2) is 54.9 Å². The van der Waals surface area contributed by atoms with E-state index >= 15 is 0 Å². The van der Waals surface area contributed by atoms with E-state index in [1.54, 1.807) is 24.5 Å². The van der Waals surface area contributed by atoms with Crippen molar-refractivity contribution in [2.24, 2.45) is 5.73 Å². The second-order valence-corrected chi connectivity index (χ2v) is 4.18. The summed E-state index contributed by atoms with van der Waals surface area (Å²) < 4.78 is 0. The van der Waals surface area contributed by atoms with Crippen LogP contribution >= 0.6 is 0 Å². The molecule has 0 bridgehead atoms. The average molecular weight is 249 g/mol. The fraction of sp³-hybridized carbons (Fsp3) is 0. The first-order valence-electron chi connectivity index (χ1n) is 5.86. The van der Waals surface area contributed by atoms with Crippen LogP contribution in [0.5, 0.6) is 0 Å². The molecule has 0 aliphatic heterocycles. The number of fused-ring (bicyclic) bond motifs is 1. The summed E-state index contributed by atoms with van der Waals surface area (Å²) in [4.78, 5) is 20.0. The molecule has 0 saturated heterocycles. The van der Waals surface area contributed by atoms with Crippen molar-refractivity contribution in [2.75, 3.05) is 0 Å². The van der Waals surface area contributed by atoms with E-state index in [9.17, 15) is 4.79 Å². The number of amides is 1. The van der Waals surface area contributed by atoms with E-state index in [2.05, 4.69) is 9.97 Å². The molecular formula is C15H11N3O. The Labute approximate surface area is 109 Å². The van der Waals surface area contributed by atoms with Crippen LogP contribution in [0.1, 0.15) is 10.4 Å². The van der Waals surface area contributed by atoms with Gasteiger partial charge < -0.3 is 5.73 Å². The van der Waals surface area contributed by atoms with Crippen LogP contribution in [0.4, 0.5) is 0 Å².